The van der Waals surface area contributed by atoms with Crippen molar-refractivity contribution in [2.75, 3.05) is 0 Å². The molecule has 0 fully saturated rings. The molecule has 5 heteroatoms. The molecular formula is C12H10Cl2O3. The van der Waals surface area contributed by atoms with Crippen LogP contribution in [0.3, 0.4) is 0 Å². The minimum absolute atomic E-state index is 0.182. The predicted octanol–water partition coefficient (Wildman–Crippen LogP) is 3.18. The maximum atomic E-state index is 11.4. The van der Waals surface area contributed by atoms with Crippen molar-refractivity contribution in [2.45, 2.75) is 13.3 Å². The van der Waals surface area contributed by atoms with Crippen LogP contribution in [-0.4, -0.2) is 11.8 Å². The van der Waals surface area contributed by atoms with Crippen LogP contribution in [-0.2, 0) is 9.59 Å². The number of rotatable bonds is 4. The maximum Gasteiger partial charge on any atom is 0.319 e. The third-order valence-electron chi connectivity index (χ3n) is 1.91. The van der Waals surface area contributed by atoms with Crippen LogP contribution < -0.4 is 4.74 Å². The summed E-state index contributed by atoms with van der Waals surface area (Å²) >= 11 is 10.6. The van der Waals surface area contributed by atoms with E-state index in [2.05, 4.69) is 0 Å². The first-order chi connectivity index (χ1) is 7.99. The van der Waals surface area contributed by atoms with Crippen LogP contribution in [0.15, 0.2) is 34.8 Å². The molecule has 0 saturated carbocycles. The fraction of sp³-hybridized carbons (Fsp3) is 0.167. The average molecular weight is 273 g/mol. The van der Waals surface area contributed by atoms with Gasteiger partial charge >= 0.3 is 5.97 Å². The summed E-state index contributed by atoms with van der Waals surface area (Å²) in [5, 5.41) is 0. The van der Waals surface area contributed by atoms with Crippen LogP contribution in [0.5, 0.6) is 5.75 Å². The molecule has 1 rings (SSSR count). The largest absolute Gasteiger partial charge is 0.426 e. The lowest BCUT2D eigenvalue weighted by Gasteiger charge is -2.05. The molecule has 0 aliphatic heterocycles. The fourth-order valence-electron chi connectivity index (χ4n) is 1.14. The SMILES string of the molecule is Cc1ccccc1OC(=O)CC(=O)C=C(Cl)Cl. The molecule has 0 aliphatic rings. The van der Waals surface area contributed by atoms with E-state index in [4.69, 9.17) is 27.9 Å². The Balaban J connectivity index is 2.60. The van der Waals surface area contributed by atoms with Gasteiger partial charge in [0, 0.05) is 6.08 Å². The van der Waals surface area contributed by atoms with Crippen LogP contribution in [0.1, 0.15) is 12.0 Å². The molecular weight excluding hydrogens is 263 g/mol. The Hall–Kier alpha value is -1.32. The maximum absolute atomic E-state index is 11.4. The van der Waals surface area contributed by atoms with Gasteiger partial charge in [-0.25, -0.2) is 0 Å². The summed E-state index contributed by atoms with van der Waals surface area (Å²) in [5.74, 6) is -0.704. The Bertz CT molecular complexity index is 463. The highest BCUT2D eigenvalue weighted by atomic mass is 35.5. The van der Waals surface area contributed by atoms with Crippen LogP contribution >= 0.6 is 23.2 Å². The fourth-order valence-corrected chi connectivity index (χ4v) is 1.39. The monoisotopic (exact) mass is 272 g/mol. The molecule has 0 N–H and O–H groups in total. The number of allylic oxidation sites excluding steroid dienone is 1. The van der Waals surface area contributed by atoms with Crippen molar-refractivity contribution >= 4 is 35.0 Å². The van der Waals surface area contributed by atoms with Crippen molar-refractivity contribution < 1.29 is 14.3 Å². The lowest BCUT2D eigenvalue weighted by molar-refractivity contribution is -0.137. The number of halogens is 2. The van der Waals surface area contributed by atoms with Crippen molar-refractivity contribution in [2.24, 2.45) is 0 Å². The zero-order valence-corrected chi connectivity index (χ0v) is 10.6. The third kappa shape index (κ3) is 5.02. The third-order valence-corrected chi connectivity index (χ3v) is 2.12. The van der Waals surface area contributed by atoms with Gasteiger partial charge in [0.25, 0.3) is 0 Å². The molecule has 0 unspecified atom stereocenters. The van der Waals surface area contributed by atoms with Crippen molar-refractivity contribution in [1.82, 2.24) is 0 Å². The number of esters is 1. The van der Waals surface area contributed by atoms with Gasteiger partial charge in [-0.15, -0.1) is 0 Å². The second-order valence-electron chi connectivity index (χ2n) is 3.32. The summed E-state index contributed by atoms with van der Waals surface area (Å²) < 4.78 is 4.84. The topological polar surface area (TPSA) is 43.4 Å². The minimum atomic E-state index is -0.643. The number of aryl methyl sites for hydroxylation is 1. The number of hydrogen-bond acceptors (Lipinski definition) is 3. The lowest BCUT2D eigenvalue weighted by atomic mass is 10.2. The van der Waals surface area contributed by atoms with E-state index in [9.17, 15) is 9.59 Å². The van der Waals surface area contributed by atoms with E-state index < -0.39 is 18.2 Å². The number of carbonyl (C=O) groups excluding carboxylic acids is 2. The first-order valence-corrected chi connectivity index (χ1v) is 5.56. The molecule has 0 amide bonds. The summed E-state index contributed by atoms with van der Waals surface area (Å²) in [6.07, 6.45) is 0.583. The van der Waals surface area contributed by atoms with Gasteiger partial charge in [-0.05, 0) is 18.6 Å². The van der Waals surface area contributed by atoms with Crippen LogP contribution in [0.4, 0.5) is 0 Å². The van der Waals surface area contributed by atoms with Gasteiger partial charge in [0.2, 0.25) is 0 Å². The second-order valence-corrected chi connectivity index (χ2v) is 4.32. The molecule has 0 saturated heterocycles. The van der Waals surface area contributed by atoms with Crippen LogP contribution in [0.25, 0.3) is 0 Å². The predicted molar refractivity (Wildman–Crippen MR) is 66.2 cm³/mol. The first kappa shape index (κ1) is 13.7. The number of para-hydroxylation sites is 1. The number of carbonyl (C=O) groups is 2. The number of ketones is 1. The van der Waals surface area contributed by atoms with E-state index in [1.165, 1.54) is 0 Å². The van der Waals surface area contributed by atoms with Crippen molar-refractivity contribution in [3.8, 4) is 5.75 Å². The first-order valence-electron chi connectivity index (χ1n) is 4.81. The minimum Gasteiger partial charge on any atom is -0.426 e. The Labute approximate surface area is 109 Å². The van der Waals surface area contributed by atoms with Gasteiger partial charge in [-0.2, -0.15) is 0 Å². The zero-order chi connectivity index (χ0) is 12.8. The molecule has 0 atom stereocenters. The number of hydrogen-bond donors (Lipinski definition) is 0. The Morgan fingerprint density at radius 1 is 1.29 bits per heavy atom. The average Bonchev–Trinajstić information content (AvgIpc) is 2.19. The molecule has 0 aromatic heterocycles. The van der Waals surface area contributed by atoms with Crippen LogP contribution in [0.2, 0.25) is 0 Å². The molecule has 0 heterocycles. The van der Waals surface area contributed by atoms with Crippen molar-refractivity contribution in [3.05, 3.63) is 40.4 Å². The molecule has 1 aromatic rings. The summed E-state index contributed by atoms with van der Waals surface area (Å²) in [5.41, 5.74) is 0.819. The quantitative estimate of drug-likeness (QED) is 0.366. The molecule has 1 aromatic carbocycles. The van der Waals surface area contributed by atoms with Crippen molar-refractivity contribution in [1.29, 1.82) is 0 Å². The number of ether oxygens (including phenoxy) is 1. The zero-order valence-electron chi connectivity index (χ0n) is 9.07. The Morgan fingerprint density at radius 3 is 2.53 bits per heavy atom. The highest BCUT2D eigenvalue weighted by Gasteiger charge is 2.11. The second kappa shape index (κ2) is 6.42. The molecule has 3 nitrogen and oxygen atoms in total. The lowest BCUT2D eigenvalue weighted by Crippen LogP contribution is -2.13. The van der Waals surface area contributed by atoms with E-state index in [0.717, 1.165) is 11.6 Å². The standard InChI is InChI=1S/C12H10Cl2O3/c1-8-4-2-3-5-10(8)17-12(16)7-9(15)6-11(13)14/h2-6H,7H2,1H3. The van der Waals surface area contributed by atoms with Gasteiger partial charge in [0.05, 0.1) is 0 Å². The van der Waals surface area contributed by atoms with Gasteiger partial charge in [0.1, 0.15) is 16.7 Å². The van der Waals surface area contributed by atoms with Gasteiger partial charge in [0.15, 0.2) is 5.78 Å². The Kier molecular flexibility index (Phi) is 5.19. The molecule has 0 spiro atoms. The number of benzene rings is 1. The Morgan fingerprint density at radius 2 is 1.94 bits per heavy atom. The van der Waals surface area contributed by atoms with Gasteiger partial charge < -0.3 is 4.74 Å². The molecule has 90 valence electrons. The van der Waals surface area contributed by atoms with E-state index in [1.807, 2.05) is 6.07 Å². The summed E-state index contributed by atoms with van der Waals surface area (Å²) in [6.45, 7) is 1.81. The molecule has 0 bridgehead atoms. The van der Waals surface area contributed by atoms with Gasteiger partial charge in [-0.1, -0.05) is 41.4 Å². The van der Waals surface area contributed by atoms with Crippen LogP contribution in [0, 0.1) is 6.92 Å². The van der Waals surface area contributed by atoms with E-state index in [1.54, 1.807) is 25.1 Å². The van der Waals surface area contributed by atoms with E-state index in [-0.39, 0.29) is 4.49 Å². The highest BCUT2D eigenvalue weighted by Crippen LogP contribution is 2.17. The van der Waals surface area contributed by atoms with E-state index >= 15 is 0 Å². The molecule has 0 radical (unpaired) electrons. The normalized spacial score (nSPS) is 9.59. The summed E-state index contributed by atoms with van der Waals surface area (Å²) in [7, 11) is 0. The molecule has 17 heavy (non-hydrogen) atoms. The molecule has 0 aliphatic carbocycles. The van der Waals surface area contributed by atoms with E-state index in [0.29, 0.717) is 5.75 Å². The van der Waals surface area contributed by atoms with Gasteiger partial charge in [-0.3, -0.25) is 9.59 Å². The smallest absolute Gasteiger partial charge is 0.319 e. The summed E-state index contributed by atoms with van der Waals surface area (Å²) in [6, 6.07) is 7.03. The van der Waals surface area contributed by atoms with Crippen molar-refractivity contribution in [3.63, 3.8) is 0 Å². The summed E-state index contributed by atoms with van der Waals surface area (Å²) in [4.78, 5) is 22.6. The highest BCUT2D eigenvalue weighted by molar-refractivity contribution is 6.56.